The van der Waals surface area contributed by atoms with Crippen LogP contribution in [0.25, 0.3) is 10.9 Å². The first-order chi connectivity index (χ1) is 20.0. The van der Waals surface area contributed by atoms with Crippen LogP contribution in [0.15, 0.2) is 40.2 Å². The monoisotopic (exact) mass is 609 g/mol. The van der Waals surface area contributed by atoms with E-state index in [0.29, 0.717) is 35.0 Å². The molecule has 1 amide bonds. The summed E-state index contributed by atoms with van der Waals surface area (Å²) in [6.45, 7) is 11.7. The molecule has 2 aliphatic rings. The Labute approximate surface area is 251 Å². The molecule has 0 saturated carbocycles. The predicted molar refractivity (Wildman–Crippen MR) is 162 cm³/mol. The second kappa shape index (κ2) is 10.5. The van der Waals surface area contributed by atoms with Crippen molar-refractivity contribution in [2.24, 2.45) is 0 Å². The van der Waals surface area contributed by atoms with Gasteiger partial charge in [-0.2, -0.15) is 14.7 Å². The van der Waals surface area contributed by atoms with Crippen molar-refractivity contribution in [3.8, 4) is 6.07 Å². The summed E-state index contributed by atoms with van der Waals surface area (Å²) in [6, 6.07) is 8.97. The molecule has 0 spiro atoms. The lowest BCUT2D eigenvalue weighted by molar-refractivity contribution is -0.155. The lowest BCUT2D eigenvalue weighted by Gasteiger charge is -2.41. The molecule has 13 heteroatoms. The van der Waals surface area contributed by atoms with Gasteiger partial charge in [-0.15, -0.1) is 0 Å². The normalized spacial score (nSPS) is 22.2. The number of nitrogens with zero attached hydrogens (tertiary/aromatic N) is 5. The molecule has 230 valence electrons. The molecule has 0 radical (unpaired) electrons. The molecule has 0 aliphatic carbocycles. The minimum absolute atomic E-state index is 0.0609. The molecule has 5 rings (SSSR count). The van der Waals surface area contributed by atoms with Crippen molar-refractivity contribution in [1.82, 2.24) is 24.0 Å². The predicted octanol–water partition coefficient (Wildman–Crippen LogP) is 3.82. The zero-order valence-corrected chi connectivity index (χ0v) is 26.5. The second-order valence-electron chi connectivity index (χ2n) is 13.4. The van der Waals surface area contributed by atoms with Gasteiger partial charge >= 0.3 is 0 Å². The third-order valence-corrected chi connectivity index (χ3v) is 10.7. The van der Waals surface area contributed by atoms with Gasteiger partial charge in [-0.1, -0.05) is 0 Å². The zero-order valence-electron chi connectivity index (χ0n) is 25.7. The highest BCUT2D eigenvalue weighted by Gasteiger charge is 2.44. The molecule has 2 atom stereocenters. The molecule has 2 aromatic heterocycles. The molecule has 2 N–H and O–H groups in total. The van der Waals surface area contributed by atoms with Crippen molar-refractivity contribution >= 4 is 38.3 Å². The number of hydrogen-bond donors (Lipinski definition) is 2. The first-order valence-electron chi connectivity index (χ1n) is 14.3. The van der Waals surface area contributed by atoms with Gasteiger partial charge in [0.25, 0.3) is 11.5 Å². The number of H-pyrrole nitrogens is 1. The number of rotatable bonds is 5. The summed E-state index contributed by atoms with van der Waals surface area (Å²) in [5, 5.41) is 18.2. The third kappa shape index (κ3) is 5.32. The Morgan fingerprint density at radius 3 is 2.58 bits per heavy atom. The van der Waals surface area contributed by atoms with Crippen LogP contribution in [0.2, 0.25) is 0 Å². The molecule has 12 nitrogen and oxygen atoms in total. The molecule has 4 heterocycles. The van der Waals surface area contributed by atoms with Crippen LogP contribution in [0, 0.1) is 11.3 Å². The number of pyridine rings is 1. The first-order valence-corrected chi connectivity index (χ1v) is 15.7. The summed E-state index contributed by atoms with van der Waals surface area (Å²) < 4.78 is 35.5. The maximum Gasteiger partial charge on any atom is 0.261 e. The number of likely N-dealkylation sites (N-methyl/N-ethyl adjacent to an activating group) is 1. The molecule has 3 aromatic rings. The van der Waals surface area contributed by atoms with Crippen molar-refractivity contribution in [3.63, 3.8) is 0 Å². The number of aromatic amines is 1. The molecule has 43 heavy (non-hydrogen) atoms. The molecule has 0 bridgehead atoms. The molecular weight excluding hydrogens is 570 g/mol. The van der Waals surface area contributed by atoms with Crippen LogP contribution < -0.4 is 10.9 Å². The summed E-state index contributed by atoms with van der Waals surface area (Å²) in [6.07, 6.45) is 1.78. The van der Waals surface area contributed by atoms with E-state index in [1.165, 1.54) is 10.5 Å². The van der Waals surface area contributed by atoms with Crippen molar-refractivity contribution in [2.45, 2.75) is 95.0 Å². The average molecular weight is 610 g/mol. The van der Waals surface area contributed by atoms with Gasteiger partial charge in [0.05, 0.1) is 35.0 Å². The maximum atomic E-state index is 13.1. The van der Waals surface area contributed by atoms with Gasteiger partial charge in [-0.05, 0) is 84.2 Å². The Morgan fingerprint density at radius 1 is 1.26 bits per heavy atom. The van der Waals surface area contributed by atoms with Gasteiger partial charge in [0.1, 0.15) is 11.5 Å². The molecule has 2 unspecified atom stereocenters. The van der Waals surface area contributed by atoms with Gasteiger partial charge < -0.3 is 19.9 Å². The lowest BCUT2D eigenvalue weighted by Crippen LogP contribution is -2.52. The Bertz CT molecular complexity index is 1780. The van der Waals surface area contributed by atoms with Gasteiger partial charge in [0.2, 0.25) is 10.0 Å². The molecule has 2 aliphatic heterocycles. The Balaban J connectivity index is 1.50. The third-order valence-electron chi connectivity index (χ3n) is 8.45. The van der Waals surface area contributed by atoms with E-state index in [-0.39, 0.29) is 47.3 Å². The molecule has 1 saturated heterocycles. The minimum Gasteiger partial charge on any atom is -0.366 e. The van der Waals surface area contributed by atoms with Crippen LogP contribution in [0.4, 0.5) is 11.5 Å². The van der Waals surface area contributed by atoms with Crippen molar-refractivity contribution in [2.75, 3.05) is 19.0 Å². The number of amides is 1. The number of ether oxygens (including phenoxy) is 1. The number of fused-ring (bicyclic) bond motifs is 2. The quantitative estimate of drug-likeness (QED) is 0.443. The first kappa shape index (κ1) is 30.7. The van der Waals surface area contributed by atoms with E-state index in [2.05, 4.69) is 16.4 Å². The van der Waals surface area contributed by atoms with E-state index in [0.717, 1.165) is 0 Å². The number of nitrogens with one attached hydrogen (secondary N) is 2. The fourth-order valence-corrected chi connectivity index (χ4v) is 7.69. The van der Waals surface area contributed by atoms with Gasteiger partial charge in [0, 0.05) is 36.6 Å². The fraction of sp³-hybridized carbons (Fsp3) is 0.533. The van der Waals surface area contributed by atoms with Crippen LogP contribution in [-0.2, 0) is 31.6 Å². The number of hydrogen-bond acceptors (Lipinski definition) is 8. The number of nitriles is 1. The maximum absolute atomic E-state index is 13.1. The van der Waals surface area contributed by atoms with E-state index in [1.54, 1.807) is 40.9 Å². The zero-order chi connectivity index (χ0) is 31.5. The van der Waals surface area contributed by atoms with Crippen LogP contribution in [0.5, 0.6) is 0 Å². The Hall–Kier alpha value is -3.73. The second-order valence-corrected chi connectivity index (χ2v) is 15.3. The van der Waals surface area contributed by atoms with Crippen LogP contribution in [0.3, 0.4) is 0 Å². The van der Waals surface area contributed by atoms with Gasteiger partial charge in [0.15, 0.2) is 5.82 Å². The highest BCUT2D eigenvalue weighted by molar-refractivity contribution is 7.89. The van der Waals surface area contributed by atoms with E-state index < -0.39 is 27.2 Å². The smallest absolute Gasteiger partial charge is 0.261 e. The standard InChI is InChI=1S/C30H39N7O5S/c1-28(2,3)35(7)27(39)22-10-12-30(13-14-31,18-42-22)37-21-11-15-32-26(38)24(21)25(34-37)33-20-8-9-23-19(16-20)17-36(29(4,5)6)43(23,40)41/h8-9,11,15-16,22H,10,12-13,17-18H2,1-7H3,(H,32,38)(H,33,34). The van der Waals surface area contributed by atoms with E-state index in [9.17, 15) is 23.3 Å². The van der Waals surface area contributed by atoms with E-state index in [4.69, 9.17) is 9.84 Å². The van der Waals surface area contributed by atoms with E-state index in [1.807, 2.05) is 41.5 Å². The summed E-state index contributed by atoms with van der Waals surface area (Å²) in [5.74, 6) is 0.152. The van der Waals surface area contributed by atoms with Crippen molar-refractivity contribution in [3.05, 3.63) is 46.4 Å². The minimum atomic E-state index is -3.63. The highest BCUT2D eigenvalue weighted by atomic mass is 32.2. The lowest BCUT2D eigenvalue weighted by atomic mass is 9.86. The Morgan fingerprint density at radius 2 is 1.98 bits per heavy atom. The Kier molecular flexibility index (Phi) is 7.48. The number of benzene rings is 1. The highest BCUT2D eigenvalue weighted by Crippen LogP contribution is 2.40. The number of aromatic nitrogens is 3. The number of carbonyl (C=O) groups excluding carboxylic acids is 1. The van der Waals surface area contributed by atoms with Crippen molar-refractivity contribution in [1.29, 1.82) is 5.26 Å². The van der Waals surface area contributed by atoms with Crippen LogP contribution in [0.1, 0.15) is 66.4 Å². The summed E-state index contributed by atoms with van der Waals surface area (Å²) in [7, 11) is -1.87. The summed E-state index contributed by atoms with van der Waals surface area (Å²) >= 11 is 0. The van der Waals surface area contributed by atoms with Gasteiger partial charge in [-0.3, -0.25) is 14.3 Å². The largest absolute Gasteiger partial charge is 0.366 e. The molecular formula is C30H39N7O5S. The summed E-state index contributed by atoms with van der Waals surface area (Å²) in [4.78, 5) is 30.9. The fourth-order valence-electron chi connectivity index (χ4n) is 5.73. The SMILES string of the molecule is CN(C(=O)C1CCC(CC#N)(n2nc(Nc3ccc4c(c3)CN(C(C)(C)C)S4(=O)=O)c3c(=O)[nH]ccc32)CO1)C(C)(C)C. The average Bonchev–Trinajstić information content (AvgIpc) is 3.43. The number of sulfonamides is 1. The summed E-state index contributed by atoms with van der Waals surface area (Å²) in [5.41, 5.74) is -0.483. The molecule has 1 aromatic carbocycles. The van der Waals surface area contributed by atoms with Crippen LogP contribution >= 0.6 is 0 Å². The topological polar surface area (TPSA) is 153 Å². The van der Waals surface area contributed by atoms with Crippen molar-refractivity contribution < 1.29 is 17.9 Å². The van der Waals surface area contributed by atoms with Gasteiger partial charge in [-0.25, -0.2) is 8.42 Å². The van der Waals surface area contributed by atoms with Crippen LogP contribution in [-0.4, -0.2) is 69.1 Å². The van der Waals surface area contributed by atoms with E-state index >= 15 is 0 Å². The number of anilines is 2. The molecule has 1 fully saturated rings. The number of carbonyl (C=O) groups is 1.